The molecule has 0 aliphatic carbocycles. The molecule has 5 amide bonds. The number of nitrogens with zero attached hydrogens (tertiary/aromatic N) is 1. The predicted molar refractivity (Wildman–Crippen MR) is 134 cm³/mol. The lowest BCUT2D eigenvalue weighted by molar-refractivity contribution is -0.136. The summed E-state index contributed by atoms with van der Waals surface area (Å²) in [7, 11) is 0. The minimum atomic E-state index is -1.07. The maximum Gasteiger partial charge on any atom is 0.266 e. The van der Waals surface area contributed by atoms with Crippen LogP contribution in [0.3, 0.4) is 0 Å². The minimum absolute atomic E-state index is 0.00172. The third-order valence-corrected chi connectivity index (χ3v) is 5.96. The highest BCUT2D eigenvalue weighted by atomic mass is 16.5. The number of carbonyl (C=O) groups excluding carboxylic acids is 5. The van der Waals surface area contributed by atoms with Crippen molar-refractivity contribution >= 4 is 29.5 Å². The number of carbonyl (C=O) groups is 5. The van der Waals surface area contributed by atoms with Gasteiger partial charge in [-0.25, -0.2) is 0 Å². The molecule has 2 heterocycles. The molecule has 1 saturated heterocycles. The van der Waals surface area contributed by atoms with Gasteiger partial charge in [0.2, 0.25) is 11.8 Å². The fourth-order valence-electron chi connectivity index (χ4n) is 3.99. The molecule has 2 aliphatic rings. The maximum absolute atomic E-state index is 13.0. The number of imide groups is 2. The molecule has 1 aromatic carbocycles. The predicted octanol–water partition coefficient (Wildman–Crippen LogP) is 0.823. The lowest BCUT2D eigenvalue weighted by atomic mass is 10.0. The first kappa shape index (κ1) is 29.2. The molecule has 0 spiro atoms. The Kier molecular flexibility index (Phi) is 11.7. The van der Waals surface area contributed by atoms with Gasteiger partial charge in [0.15, 0.2) is 6.61 Å². The summed E-state index contributed by atoms with van der Waals surface area (Å²) in [6.45, 7) is 5.37. The Morgan fingerprint density at radius 3 is 2.34 bits per heavy atom. The number of hydrogen-bond donors (Lipinski definition) is 2. The van der Waals surface area contributed by atoms with Crippen LogP contribution in [-0.4, -0.2) is 93.3 Å². The van der Waals surface area contributed by atoms with Crippen molar-refractivity contribution in [3.63, 3.8) is 0 Å². The van der Waals surface area contributed by atoms with Crippen molar-refractivity contribution < 1.29 is 42.9 Å². The number of fused-ring (bicyclic) bond motifs is 1. The van der Waals surface area contributed by atoms with Gasteiger partial charge in [-0.3, -0.25) is 34.2 Å². The Bertz CT molecular complexity index is 1010. The number of unbranched alkanes of at least 4 members (excludes halogenated alkanes) is 1. The van der Waals surface area contributed by atoms with Crippen LogP contribution in [0.15, 0.2) is 18.2 Å². The zero-order chi connectivity index (χ0) is 27.3. The van der Waals surface area contributed by atoms with Crippen LogP contribution in [0, 0.1) is 0 Å². The highest BCUT2D eigenvalue weighted by Gasteiger charge is 2.46. The third-order valence-electron chi connectivity index (χ3n) is 5.96. The molecule has 12 nitrogen and oxygen atoms in total. The van der Waals surface area contributed by atoms with E-state index in [4.69, 9.17) is 18.9 Å². The summed E-state index contributed by atoms with van der Waals surface area (Å²) in [5.74, 6) is -2.79. The molecule has 208 valence electrons. The molecule has 12 heteroatoms. The van der Waals surface area contributed by atoms with Crippen molar-refractivity contribution in [1.29, 1.82) is 0 Å². The molecule has 1 atom stereocenters. The number of hydrogen-bond acceptors (Lipinski definition) is 9. The van der Waals surface area contributed by atoms with E-state index in [-0.39, 0.29) is 36.3 Å². The summed E-state index contributed by atoms with van der Waals surface area (Å²) in [5.41, 5.74) is 0.0842. The molecule has 0 aromatic heterocycles. The summed E-state index contributed by atoms with van der Waals surface area (Å²) in [6.07, 6.45) is 2.83. The largest absolute Gasteiger partial charge is 0.483 e. The van der Waals surface area contributed by atoms with Gasteiger partial charge in [0.25, 0.3) is 17.7 Å². The zero-order valence-corrected chi connectivity index (χ0v) is 21.6. The molecule has 2 aliphatic heterocycles. The van der Waals surface area contributed by atoms with E-state index in [1.165, 1.54) is 18.2 Å². The quantitative estimate of drug-likeness (QED) is 0.219. The van der Waals surface area contributed by atoms with Gasteiger partial charge in [-0.05, 0) is 31.4 Å². The van der Waals surface area contributed by atoms with E-state index < -0.39 is 35.6 Å². The lowest BCUT2D eigenvalue weighted by Crippen LogP contribution is -2.54. The van der Waals surface area contributed by atoms with E-state index in [1.54, 1.807) is 0 Å². The van der Waals surface area contributed by atoms with Gasteiger partial charge in [0, 0.05) is 26.2 Å². The van der Waals surface area contributed by atoms with Crippen molar-refractivity contribution in [3.05, 3.63) is 29.3 Å². The second-order valence-electron chi connectivity index (χ2n) is 8.81. The van der Waals surface area contributed by atoms with Gasteiger partial charge in [-0.1, -0.05) is 19.4 Å². The van der Waals surface area contributed by atoms with Crippen molar-refractivity contribution in [2.75, 3.05) is 52.8 Å². The monoisotopic (exact) mass is 533 g/mol. The number of amides is 5. The molecule has 38 heavy (non-hydrogen) atoms. The van der Waals surface area contributed by atoms with E-state index in [0.717, 1.165) is 24.3 Å². The molecule has 1 unspecified atom stereocenters. The van der Waals surface area contributed by atoms with Gasteiger partial charge in [-0.15, -0.1) is 0 Å². The van der Waals surface area contributed by atoms with Crippen molar-refractivity contribution in [2.45, 2.75) is 45.1 Å². The molecule has 1 fully saturated rings. The van der Waals surface area contributed by atoms with E-state index in [9.17, 15) is 24.0 Å². The number of rotatable bonds is 17. The highest BCUT2D eigenvalue weighted by molar-refractivity contribution is 6.24. The summed E-state index contributed by atoms with van der Waals surface area (Å²) in [5, 5.41) is 4.86. The second-order valence-corrected chi connectivity index (χ2v) is 8.81. The normalized spacial score (nSPS) is 17.0. The molecular weight excluding hydrogens is 498 g/mol. The molecule has 1 aromatic rings. The minimum Gasteiger partial charge on any atom is -0.483 e. The van der Waals surface area contributed by atoms with E-state index in [2.05, 4.69) is 17.6 Å². The van der Waals surface area contributed by atoms with Gasteiger partial charge in [0.1, 0.15) is 11.8 Å². The third kappa shape index (κ3) is 8.07. The summed E-state index contributed by atoms with van der Waals surface area (Å²) < 4.78 is 21.8. The summed E-state index contributed by atoms with van der Waals surface area (Å²) >= 11 is 0. The van der Waals surface area contributed by atoms with Crippen molar-refractivity contribution in [1.82, 2.24) is 15.5 Å². The fraction of sp³-hybridized carbons (Fsp3) is 0.577. The number of piperidine rings is 1. The maximum atomic E-state index is 13.0. The topological polar surface area (TPSA) is 150 Å². The van der Waals surface area contributed by atoms with Gasteiger partial charge in [0.05, 0.1) is 37.6 Å². The first-order chi connectivity index (χ1) is 18.4. The smallest absolute Gasteiger partial charge is 0.266 e. The van der Waals surface area contributed by atoms with Crippen LogP contribution >= 0.6 is 0 Å². The van der Waals surface area contributed by atoms with Gasteiger partial charge >= 0.3 is 0 Å². The van der Waals surface area contributed by atoms with E-state index >= 15 is 0 Å². The summed E-state index contributed by atoms with van der Waals surface area (Å²) in [4.78, 5) is 62.6. The highest BCUT2D eigenvalue weighted by Crippen LogP contribution is 2.33. The average molecular weight is 534 g/mol. The number of benzene rings is 1. The Labute approximate surface area is 221 Å². The fourth-order valence-corrected chi connectivity index (χ4v) is 3.99. The van der Waals surface area contributed by atoms with Crippen LogP contribution in [0.5, 0.6) is 5.75 Å². The zero-order valence-electron chi connectivity index (χ0n) is 21.6. The van der Waals surface area contributed by atoms with Crippen LogP contribution in [-0.2, 0) is 28.6 Å². The van der Waals surface area contributed by atoms with Crippen LogP contribution in [0.4, 0.5) is 0 Å². The number of ether oxygens (including phenoxy) is 4. The van der Waals surface area contributed by atoms with Gasteiger partial charge in [-0.2, -0.15) is 0 Å². The standard InChI is InChI=1S/C26H35N3O9/c1-2-3-11-35-13-15-37-16-14-36-12-5-10-27-22(31)17-38-20-7-4-6-18-23(20)26(34)29(25(18)33)19-8-9-21(30)28-24(19)32/h4,6-7,19H,2-3,5,8-17H2,1H3,(H,27,31)(H,28,30,32). The summed E-state index contributed by atoms with van der Waals surface area (Å²) in [6, 6.07) is 3.40. The van der Waals surface area contributed by atoms with Crippen LogP contribution < -0.4 is 15.4 Å². The van der Waals surface area contributed by atoms with E-state index in [1.807, 2.05) is 0 Å². The van der Waals surface area contributed by atoms with E-state index in [0.29, 0.717) is 46.0 Å². The molecule has 0 radical (unpaired) electrons. The Morgan fingerprint density at radius 2 is 1.66 bits per heavy atom. The van der Waals surface area contributed by atoms with Crippen LogP contribution in [0.1, 0.15) is 59.7 Å². The number of nitrogens with one attached hydrogen (secondary N) is 2. The van der Waals surface area contributed by atoms with Gasteiger partial charge < -0.3 is 24.3 Å². The van der Waals surface area contributed by atoms with Crippen LogP contribution in [0.2, 0.25) is 0 Å². The Hall–Kier alpha value is -3.35. The molecule has 3 rings (SSSR count). The second kappa shape index (κ2) is 15.2. The average Bonchev–Trinajstić information content (AvgIpc) is 3.15. The molecule has 2 N–H and O–H groups in total. The lowest BCUT2D eigenvalue weighted by Gasteiger charge is -2.27. The van der Waals surface area contributed by atoms with Crippen molar-refractivity contribution in [2.24, 2.45) is 0 Å². The Balaban J connectivity index is 1.34. The van der Waals surface area contributed by atoms with Crippen LogP contribution in [0.25, 0.3) is 0 Å². The molecule has 0 saturated carbocycles. The van der Waals surface area contributed by atoms with Crippen molar-refractivity contribution in [3.8, 4) is 5.75 Å². The SMILES string of the molecule is CCCCOCCOCCOCCCNC(=O)COc1cccc2c1C(=O)N(C1CCC(=O)NC1=O)C2=O. The Morgan fingerprint density at radius 1 is 0.974 bits per heavy atom. The first-order valence-corrected chi connectivity index (χ1v) is 12.9. The molecule has 0 bridgehead atoms. The first-order valence-electron chi connectivity index (χ1n) is 12.9. The molecular formula is C26H35N3O9.